The number of hydrogen-bond donors (Lipinski definition) is 1. The Kier molecular flexibility index (Phi) is 3.97. The summed E-state index contributed by atoms with van der Waals surface area (Å²) in [6.45, 7) is 7.47. The van der Waals surface area contributed by atoms with Crippen molar-refractivity contribution in [3.8, 4) is 0 Å². The standard InChI is InChI=1S/C15H19NS/c1-11-6-7-14(9-12(11)2)10-16-13(3)15-5-4-8-17-15/h4-9,13,16H,10H2,1-3H3/t13-/m0/s1. The summed E-state index contributed by atoms with van der Waals surface area (Å²) >= 11 is 1.81. The molecule has 2 aromatic rings. The molecule has 0 fully saturated rings. The highest BCUT2D eigenvalue weighted by molar-refractivity contribution is 7.10. The lowest BCUT2D eigenvalue weighted by Gasteiger charge is -2.13. The molecule has 2 rings (SSSR count). The Morgan fingerprint density at radius 2 is 2.00 bits per heavy atom. The first-order valence-corrected chi connectivity index (χ1v) is 6.87. The van der Waals surface area contributed by atoms with Crippen molar-refractivity contribution in [1.29, 1.82) is 0 Å². The van der Waals surface area contributed by atoms with Crippen LogP contribution in [-0.2, 0) is 6.54 Å². The largest absolute Gasteiger partial charge is 0.305 e. The maximum Gasteiger partial charge on any atom is 0.0388 e. The molecule has 0 amide bonds. The molecule has 1 aromatic heterocycles. The van der Waals surface area contributed by atoms with Gasteiger partial charge in [-0.1, -0.05) is 24.3 Å². The van der Waals surface area contributed by atoms with Crippen molar-refractivity contribution in [3.63, 3.8) is 0 Å². The molecule has 90 valence electrons. The van der Waals surface area contributed by atoms with E-state index in [-0.39, 0.29) is 0 Å². The summed E-state index contributed by atoms with van der Waals surface area (Å²) in [5, 5.41) is 5.69. The van der Waals surface area contributed by atoms with Gasteiger partial charge in [0.1, 0.15) is 0 Å². The van der Waals surface area contributed by atoms with E-state index >= 15 is 0 Å². The van der Waals surface area contributed by atoms with Gasteiger partial charge in [0.05, 0.1) is 0 Å². The zero-order valence-corrected chi connectivity index (χ0v) is 11.5. The fourth-order valence-electron chi connectivity index (χ4n) is 1.82. The van der Waals surface area contributed by atoms with Crippen molar-refractivity contribution < 1.29 is 0 Å². The van der Waals surface area contributed by atoms with Crippen molar-refractivity contribution in [2.75, 3.05) is 0 Å². The second-order valence-corrected chi connectivity index (χ2v) is 5.52. The van der Waals surface area contributed by atoms with Gasteiger partial charge in [-0.05, 0) is 48.9 Å². The van der Waals surface area contributed by atoms with Gasteiger partial charge in [-0.25, -0.2) is 0 Å². The first kappa shape index (κ1) is 12.3. The van der Waals surface area contributed by atoms with Gasteiger partial charge in [-0.2, -0.15) is 0 Å². The van der Waals surface area contributed by atoms with Crippen molar-refractivity contribution in [1.82, 2.24) is 5.32 Å². The van der Waals surface area contributed by atoms with E-state index < -0.39 is 0 Å². The Bertz CT molecular complexity index is 474. The van der Waals surface area contributed by atoms with Crippen LogP contribution in [0.3, 0.4) is 0 Å². The molecule has 1 nitrogen and oxygen atoms in total. The summed E-state index contributed by atoms with van der Waals surface area (Å²) in [6.07, 6.45) is 0. The molecule has 0 unspecified atom stereocenters. The molecule has 0 aliphatic carbocycles. The summed E-state index contributed by atoms with van der Waals surface area (Å²) in [5.74, 6) is 0. The van der Waals surface area contributed by atoms with Crippen LogP contribution in [0.15, 0.2) is 35.7 Å². The molecule has 0 bridgehead atoms. The van der Waals surface area contributed by atoms with Crippen LogP contribution >= 0.6 is 11.3 Å². The molecule has 1 aromatic carbocycles. The van der Waals surface area contributed by atoms with Crippen molar-refractivity contribution in [2.45, 2.75) is 33.4 Å². The highest BCUT2D eigenvalue weighted by Crippen LogP contribution is 2.19. The molecule has 0 radical (unpaired) electrons. The van der Waals surface area contributed by atoms with Crippen LogP contribution in [0, 0.1) is 13.8 Å². The number of aryl methyl sites for hydroxylation is 2. The molecular formula is C15H19NS. The molecule has 1 atom stereocenters. The molecule has 0 saturated heterocycles. The van der Waals surface area contributed by atoms with E-state index in [9.17, 15) is 0 Å². The fourth-order valence-corrected chi connectivity index (χ4v) is 2.58. The third-order valence-electron chi connectivity index (χ3n) is 3.15. The Labute approximate surface area is 108 Å². The normalized spacial score (nSPS) is 12.6. The molecule has 1 N–H and O–H groups in total. The monoisotopic (exact) mass is 245 g/mol. The van der Waals surface area contributed by atoms with Crippen LogP contribution in [0.5, 0.6) is 0 Å². The van der Waals surface area contributed by atoms with Gasteiger partial charge in [0.25, 0.3) is 0 Å². The summed E-state index contributed by atoms with van der Waals surface area (Å²) < 4.78 is 0. The Morgan fingerprint density at radius 1 is 1.18 bits per heavy atom. The highest BCUT2D eigenvalue weighted by atomic mass is 32.1. The molecule has 0 aliphatic heterocycles. The molecule has 0 saturated carbocycles. The molecule has 0 aliphatic rings. The highest BCUT2D eigenvalue weighted by Gasteiger charge is 2.05. The first-order chi connectivity index (χ1) is 8.16. The number of hydrogen-bond acceptors (Lipinski definition) is 2. The third kappa shape index (κ3) is 3.18. The topological polar surface area (TPSA) is 12.0 Å². The van der Waals surface area contributed by atoms with Crippen LogP contribution in [0.2, 0.25) is 0 Å². The van der Waals surface area contributed by atoms with Gasteiger partial charge < -0.3 is 5.32 Å². The zero-order valence-electron chi connectivity index (χ0n) is 10.7. The summed E-state index contributed by atoms with van der Waals surface area (Å²) in [6, 6.07) is 11.4. The molecular weight excluding hydrogens is 226 g/mol. The lowest BCUT2D eigenvalue weighted by molar-refractivity contribution is 0.582. The van der Waals surface area contributed by atoms with E-state index in [0.29, 0.717) is 6.04 Å². The van der Waals surface area contributed by atoms with E-state index in [4.69, 9.17) is 0 Å². The quantitative estimate of drug-likeness (QED) is 0.850. The Hall–Kier alpha value is -1.12. The maximum absolute atomic E-state index is 3.56. The van der Waals surface area contributed by atoms with E-state index in [2.05, 4.69) is 61.8 Å². The van der Waals surface area contributed by atoms with Crippen LogP contribution in [-0.4, -0.2) is 0 Å². The number of rotatable bonds is 4. The minimum atomic E-state index is 0.427. The van der Waals surface area contributed by atoms with Crippen molar-refractivity contribution in [3.05, 3.63) is 57.3 Å². The van der Waals surface area contributed by atoms with Gasteiger partial charge in [0.2, 0.25) is 0 Å². The van der Waals surface area contributed by atoms with Crippen LogP contribution in [0.25, 0.3) is 0 Å². The first-order valence-electron chi connectivity index (χ1n) is 6.00. The Morgan fingerprint density at radius 3 is 2.65 bits per heavy atom. The van der Waals surface area contributed by atoms with Crippen molar-refractivity contribution >= 4 is 11.3 Å². The minimum absolute atomic E-state index is 0.427. The van der Waals surface area contributed by atoms with Gasteiger partial charge in [0, 0.05) is 17.5 Å². The van der Waals surface area contributed by atoms with Gasteiger partial charge >= 0.3 is 0 Å². The summed E-state index contributed by atoms with van der Waals surface area (Å²) in [7, 11) is 0. The average Bonchev–Trinajstić information content (AvgIpc) is 2.84. The molecule has 2 heteroatoms. The van der Waals surface area contributed by atoms with Gasteiger partial charge in [-0.15, -0.1) is 11.3 Å². The average molecular weight is 245 g/mol. The second-order valence-electron chi connectivity index (χ2n) is 4.54. The predicted molar refractivity (Wildman–Crippen MR) is 75.5 cm³/mol. The van der Waals surface area contributed by atoms with Crippen LogP contribution in [0.4, 0.5) is 0 Å². The van der Waals surface area contributed by atoms with E-state index in [1.54, 1.807) is 0 Å². The molecule has 17 heavy (non-hydrogen) atoms. The van der Waals surface area contributed by atoms with Crippen molar-refractivity contribution in [2.24, 2.45) is 0 Å². The molecule has 1 heterocycles. The minimum Gasteiger partial charge on any atom is -0.305 e. The lowest BCUT2D eigenvalue weighted by atomic mass is 10.1. The SMILES string of the molecule is Cc1ccc(CN[C@@H](C)c2cccs2)cc1C. The third-order valence-corrected chi connectivity index (χ3v) is 4.21. The summed E-state index contributed by atoms with van der Waals surface area (Å²) in [4.78, 5) is 1.40. The van der Waals surface area contributed by atoms with E-state index in [1.807, 2.05) is 11.3 Å². The number of nitrogens with one attached hydrogen (secondary N) is 1. The number of thiophene rings is 1. The Balaban J connectivity index is 1.96. The second kappa shape index (κ2) is 5.48. The fraction of sp³-hybridized carbons (Fsp3) is 0.333. The number of benzene rings is 1. The van der Waals surface area contributed by atoms with Gasteiger partial charge in [-0.3, -0.25) is 0 Å². The van der Waals surface area contributed by atoms with Crippen LogP contribution < -0.4 is 5.32 Å². The maximum atomic E-state index is 3.56. The summed E-state index contributed by atoms with van der Waals surface area (Å²) in [5.41, 5.74) is 4.09. The molecule has 0 spiro atoms. The zero-order chi connectivity index (χ0) is 12.3. The van der Waals surface area contributed by atoms with E-state index in [0.717, 1.165) is 6.54 Å². The lowest BCUT2D eigenvalue weighted by Crippen LogP contribution is -2.17. The van der Waals surface area contributed by atoms with Gasteiger partial charge in [0.15, 0.2) is 0 Å². The van der Waals surface area contributed by atoms with E-state index in [1.165, 1.54) is 21.6 Å². The smallest absolute Gasteiger partial charge is 0.0388 e. The predicted octanol–water partition coefficient (Wildman–Crippen LogP) is 4.22. The van der Waals surface area contributed by atoms with Crippen LogP contribution in [0.1, 0.15) is 34.5 Å².